The number of ether oxygens (including phenoxy) is 4. The van der Waals surface area contributed by atoms with Crippen LogP contribution < -0.4 is 14.2 Å². The third-order valence-corrected chi connectivity index (χ3v) is 5.69. The van der Waals surface area contributed by atoms with E-state index in [1.165, 1.54) is 0 Å². The van der Waals surface area contributed by atoms with Crippen LogP contribution in [0.1, 0.15) is 25.0 Å². The number of hydrogen-bond donors (Lipinski definition) is 1. The van der Waals surface area contributed by atoms with Crippen molar-refractivity contribution >= 4 is 11.5 Å². The number of hydrogen-bond acceptors (Lipinski definition) is 5. The van der Waals surface area contributed by atoms with Crippen LogP contribution in [0.4, 0.5) is 0 Å². The fourth-order valence-electron chi connectivity index (χ4n) is 3.69. The van der Waals surface area contributed by atoms with Crippen molar-refractivity contribution in [3.63, 3.8) is 0 Å². The molecule has 0 spiro atoms. The van der Waals surface area contributed by atoms with Gasteiger partial charge in [0, 0.05) is 18.6 Å². The van der Waals surface area contributed by atoms with Gasteiger partial charge in [-0.3, -0.25) is 0 Å². The zero-order chi connectivity index (χ0) is 25.2. The van der Waals surface area contributed by atoms with Crippen molar-refractivity contribution in [1.82, 2.24) is 0 Å². The van der Waals surface area contributed by atoms with E-state index < -0.39 is 12.1 Å². The van der Waals surface area contributed by atoms with E-state index in [0.717, 1.165) is 45.1 Å². The minimum atomic E-state index is -0.955. The normalized spacial score (nSPS) is 12.2. The second-order valence-electron chi connectivity index (χ2n) is 7.97. The first kappa shape index (κ1) is 25.8. The Balaban J connectivity index is 1.60. The maximum absolute atomic E-state index is 11.3. The van der Waals surface area contributed by atoms with E-state index in [1.54, 1.807) is 21.1 Å². The molecule has 0 bridgehead atoms. The highest BCUT2D eigenvalue weighted by Crippen LogP contribution is 2.34. The number of allylic oxidation sites excluding steroid dienone is 1. The number of carboxylic acids is 1. The second-order valence-corrected chi connectivity index (χ2v) is 7.97. The molecule has 1 unspecified atom stereocenters. The molecular formula is C29H32O6. The van der Waals surface area contributed by atoms with Crippen LogP contribution in [0.3, 0.4) is 0 Å². The van der Waals surface area contributed by atoms with Crippen LogP contribution in [0.5, 0.6) is 17.2 Å². The van der Waals surface area contributed by atoms with E-state index in [2.05, 4.69) is 24.3 Å². The topological polar surface area (TPSA) is 74.2 Å². The Kier molecular flexibility index (Phi) is 9.32. The highest BCUT2D eigenvalue weighted by Gasteiger charge is 2.17. The quantitative estimate of drug-likeness (QED) is 0.352. The minimum Gasteiger partial charge on any atom is -0.497 e. The van der Waals surface area contributed by atoms with Crippen LogP contribution in [0.25, 0.3) is 16.7 Å². The molecule has 3 aromatic carbocycles. The van der Waals surface area contributed by atoms with E-state index in [0.29, 0.717) is 19.6 Å². The summed E-state index contributed by atoms with van der Waals surface area (Å²) < 4.78 is 22.0. The molecule has 3 aromatic rings. The Morgan fingerprint density at radius 2 is 1.63 bits per heavy atom. The van der Waals surface area contributed by atoms with Crippen LogP contribution in [0, 0.1) is 0 Å². The van der Waals surface area contributed by atoms with Gasteiger partial charge in [0.25, 0.3) is 0 Å². The van der Waals surface area contributed by atoms with Crippen molar-refractivity contribution in [3.05, 3.63) is 83.9 Å². The first-order chi connectivity index (χ1) is 16.9. The predicted molar refractivity (Wildman–Crippen MR) is 137 cm³/mol. The molecule has 3 rings (SSSR count). The third kappa shape index (κ3) is 7.11. The van der Waals surface area contributed by atoms with Crippen molar-refractivity contribution in [2.24, 2.45) is 0 Å². The summed E-state index contributed by atoms with van der Waals surface area (Å²) in [4.78, 5) is 11.3. The van der Waals surface area contributed by atoms with Crippen molar-refractivity contribution in [1.29, 1.82) is 0 Å². The van der Waals surface area contributed by atoms with Crippen LogP contribution in [-0.4, -0.2) is 44.6 Å². The van der Waals surface area contributed by atoms with Crippen molar-refractivity contribution in [2.75, 3.05) is 27.4 Å². The van der Waals surface area contributed by atoms with Gasteiger partial charge in [-0.1, -0.05) is 36.4 Å². The predicted octanol–water partition coefficient (Wildman–Crippen LogP) is 5.89. The highest BCUT2D eigenvalue weighted by atomic mass is 16.5. The zero-order valence-corrected chi connectivity index (χ0v) is 20.6. The third-order valence-electron chi connectivity index (χ3n) is 5.69. The van der Waals surface area contributed by atoms with Gasteiger partial charge in [0.05, 0.1) is 14.2 Å². The standard InChI is InChI=1S/C29H32O6/c1-5-34-28(29(30)31)18-21-6-12-24(13-7-21)35-17-16-20(2)22-8-10-23(11-9-22)26-19-25(32-3)14-15-27(26)33-4/h6-16,19,28H,5,17-18H2,1-4H3,(H,30,31). The molecule has 0 saturated carbocycles. The molecular weight excluding hydrogens is 444 g/mol. The highest BCUT2D eigenvalue weighted by molar-refractivity contribution is 5.74. The van der Waals surface area contributed by atoms with Crippen LogP contribution >= 0.6 is 0 Å². The van der Waals surface area contributed by atoms with Crippen molar-refractivity contribution < 1.29 is 28.8 Å². The molecule has 0 amide bonds. The van der Waals surface area contributed by atoms with Gasteiger partial charge in [0.1, 0.15) is 23.9 Å². The number of rotatable bonds is 12. The van der Waals surface area contributed by atoms with Gasteiger partial charge >= 0.3 is 5.97 Å². The summed E-state index contributed by atoms with van der Waals surface area (Å²) >= 11 is 0. The van der Waals surface area contributed by atoms with Gasteiger partial charge in [-0.25, -0.2) is 4.79 Å². The largest absolute Gasteiger partial charge is 0.497 e. The van der Waals surface area contributed by atoms with E-state index >= 15 is 0 Å². The zero-order valence-electron chi connectivity index (χ0n) is 20.6. The lowest BCUT2D eigenvalue weighted by Crippen LogP contribution is -2.26. The molecule has 184 valence electrons. The summed E-state index contributed by atoms with van der Waals surface area (Å²) in [5.41, 5.74) is 5.11. The van der Waals surface area contributed by atoms with Crippen LogP contribution in [-0.2, 0) is 16.0 Å². The lowest BCUT2D eigenvalue weighted by atomic mass is 10.00. The van der Waals surface area contributed by atoms with Gasteiger partial charge in [-0.05, 0) is 72.5 Å². The van der Waals surface area contributed by atoms with Gasteiger partial charge in [0.2, 0.25) is 0 Å². The number of aliphatic carboxylic acids is 1. The molecule has 0 heterocycles. The smallest absolute Gasteiger partial charge is 0.333 e. The Labute approximate surface area is 206 Å². The van der Waals surface area contributed by atoms with E-state index in [4.69, 9.17) is 18.9 Å². The Hall–Kier alpha value is -3.77. The number of methoxy groups -OCH3 is 2. The average Bonchev–Trinajstić information content (AvgIpc) is 2.89. The lowest BCUT2D eigenvalue weighted by Gasteiger charge is -2.13. The maximum Gasteiger partial charge on any atom is 0.333 e. The fraction of sp³-hybridized carbons (Fsp3) is 0.276. The maximum atomic E-state index is 11.3. The number of benzene rings is 3. The summed E-state index contributed by atoms with van der Waals surface area (Å²) in [5.74, 6) is 1.34. The summed E-state index contributed by atoms with van der Waals surface area (Å²) in [6, 6.07) is 21.5. The van der Waals surface area contributed by atoms with Gasteiger partial charge in [-0.2, -0.15) is 0 Å². The molecule has 6 heteroatoms. The molecule has 1 atom stereocenters. The van der Waals surface area contributed by atoms with E-state index in [9.17, 15) is 9.90 Å². The summed E-state index contributed by atoms with van der Waals surface area (Å²) in [6.07, 6.45) is 1.51. The molecule has 1 N–H and O–H groups in total. The van der Waals surface area contributed by atoms with E-state index in [-0.39, 0.29) is 0 Å². The molecule has 0 radical (unpaired) electrons. The lowest BCUT2D eigenvalue weighted by molar-refractivity contribution is -0.149. The molecule has 0 aromatic heterocycles. The molecule has 0 aliphatic rings. The van der Waals surface area contributed by atoms with Crippen molar-refractivity contribution in [2.45, 2.75) is 26.4 Å². The van der Waals surface area contributed by atoms with Gasteiger partial charge in [-0.15, -0.1) is 0 Å². The fourth-order valence-corrected chi connectivity index (χ4v) is 3.69. The monoisotopic (exact) mass is 476 g/mol. The molecule has 0 saturated heterocycles. The molecule has 0 aliphatic heterocycles. The Morgan fingerprint density at radius 1 is 0.943 bits per heavy atom. The van der Waals surface area contributed by atoms with Crippen LogP contribution in [0.2, 0.25) is 0 Å². The second kappa shape index (κ2) is 12.6. The molecule has 0 fully saturated rings. The molecule has 0 aliphatic carbocycles. The first-order valence-corrected chi connectivity index (χ1v) is 11.5. The van der Waals surface area contributed by atoms with Gasteiger partial charge < -0.3 is 24.1 Å². The minimum absolute atomic E-state index is 0.320. The van der Waals surface area contributed by atoms with Crippen molar-refractivity contribution in [3.8, 4) is 28.4 Å². The van der Waals surface area contributed by atoms with Crippen LogP contribution in [0.15, 0.2) is 72.8 Å². The summed E-state index contributed by atoms with van der Waals surface area (Å²) in [7, 11) is 3.31. The van der Waals surface area contributed by atoms with Gasteiger partial charge in [0.15, 0.2) is 6.10 Å². The number of carboxylic acid groups (broad SMARTS) is 1. The Morgan fingerprint density at radius 3 is 2.23 bits per heavy atom. The molecule has 6 nitrogen and oxygen atoms in total. The first-order valence-electron chi connectivity index (χ1n) is 11.5. The summed E-state index contributed by atoms with van der Waals surface area (Å²) in [5, 5.41) is 9.23. The summed E-state index contributed by atoms with van der Waals surface area (Å²) in [6.45, 7) is 4.62. The molecule has 35 heavy (non-hydrogen) atoms. The SMILES string of the molecule is CCOC(Cc1ccc(OCC=C(C)c2ccc(-c3cc(OC)ccc3OC)cc2)cc1)C(=O)O. The number of carbonyl (C=O) groups is 1. The Bertz CT molecular complexity index is 1130. The average molecular weight is 477 g/mol. The van der Waals surface area contributed by atoms with E-state index in [1.807, 2.05) is 55.5 Å².